The van der Waals surface area contributed by atoms with E-state index in [1.54, 1.807) is 13.3 Å². The van der Waals surface area contributed by atoms with E-state index in [0.717, 1.165) is 11.4 Å². The maximum atomic E-state index is 4.98. The first-order valence-corrected chi connectivity index (χ1v) is 3.85. The van der Waals surface area contributed by atoms with Crippen molar-refractivity contribution in [3.05, 3.63) is 24.0 Å². The summed E-state index contributed by atoms with van der Waals surface area (Å²) in [5, 5.41) is 0. The number of nitrogens with zero attached hydrogens (tertiary/aromatic N) is 2. The zero-order valence-electron chi connectivity index (χ0n) is 7.74. The van der Waals surface area contributed by atoms with Gasteiger partial charge in [-0.25, -0.2) is 0 Å². The number of hydrogen-bond acceptors (Lipinski definition) is 3. The van der Waals surface area contributed by atoms with Crippen molar-refractivity contribution in [1.82, 2.24) is 4.98 Å². The molecule has 0 saturated heterocycles. The molecule has 3 nitrogen and oxygen atoms in total. The van der Waals surface area contributed by atoms with Crippen LogP contribution in [0, 0.1) is 0 Å². The van der Waals surface area contributed by atoms with Crippen molar-refractivity contribution >= 4 is 5.69 Å². The van der Waals surface area contributed by atoms with Gasteiger partial charge in [-0.15, -0.1) is 0 Å². The van der Waals surface area contributed by atoms with Crippen LogP contribution in [-0.2, 0) is 11.3 Å². The molecule has 0 aromatic carbocycles. The van der Waals surface area contributed by atoms with Crippen LogP contribution in [0.5, 0.6) is 0 Å². The SMILES string of the molecule is COCc1cc(N(C)C)ccn1. The van der Waals surface area contributed by atoms with E-state index in [-0.39, 0.29) is 0 Å². The molecule has 0 amide bonds. The van der Waals surface area contributed by atoms with Crippen LogP contribution in [0.25, 0.3) is 0 Å². The highest BCUT2D eigenvalue weighted by Crippen LogP contribution is 2.11. The number of aromatic nitrogens is 1. The molecule has 0 aliphatic carbocycles. The van der Waals surface area contributed by atoms with Crippen molar-refractivity contribution in [3.63, 3.8) is 0 Å². The molecule has 1 aromatic rings. The number of pyridine rings is 1. The first-order chi connectivity index (χ1) is 5.74. The van der Waals surface area contributed by atoms with Gasteiger partial charge in [0.1, 0.15) is 0 Å². The van der Waals surface area contributed by atoms with Gasteiger partial charge in [-0.3, -0.25) is 4.98 Å². The molecule has 12 heavy (non-hydrogen) atoms. The van der Waals surface area contributed by atoms with Gasteiger partial charge in [0.25, 0.3) is 0 Å². The summed E-state index contributed by atoms with van der Waals surface area (Å²) in [5.41, 5.74) is 2.11. The number of anilines is 1. The lowest BCUT2D eigenvalue weighted by molar-refractivity contribution is 0.181. The first-order valence-electron chi connectivity index (χ1n) is 3.85. The molecule has 0 bridgehead atoms. The molecule has 0 radical (unpaired) electrons. The fourth-order valence-corrected chi connectivity index (χ4v) is 0.970. The molecule has 0 N–H and O–H groups in total. The second-order valence-corrected chi connectivity index (χ2v) is 2.83. The Morgan fingerprint density at radius 1 is 1.50 bits per heavy atom. The van der Waals surface area contributed by atoms with Gasteiger partial charge in [-0.1, -0.05) is 0 Å². The van der Waals surface area contributed by atoms with Crippen LogP contribution in [0.4, 0.5) is 5.69 Å². The Hall–Kier alpha value is -1.09. The van der Waals surface area contributed by atoms with E-state index in [2.05, 4.69) is 4.98 Å². The summed E-state index contributed by atoms with van der Waals surface area (Å²) in [6, 6.07) is 3.99. The van der Waals surface area contributed by atoms with Crippen LogP contribution in [0.15, 0.2) is 18.3 Å². The molecule has 1 heterocycles. The number of hydrogen-bond donors (Lipinski definition) is 0. The predicted octanol–water partition coefficient (Wildman–Crippen LogP) is 1.29. The van der Waals surface area contributed by atoms with Crippen LogP contribution in [0.3, 0.4) is 0 Å². The Labute approximate surface area is 73.0 Å². The van der Waals surface area contributed by atoms with Gasteiger partial charge in [0.05, 0.1) is 12.3 Å². The van der Waals surface area contributed by atoms with Crippen molar-refractivity contribution < 1.29 is 4.74 Å². The van der Waals surface area contributed by atoms with Gasteiger partial charge in [0.15, 0.2) is 0 Å². The minimum Gasteiger partial charge on any atom is -0.378 e. The van der Waals surface area contributed by atoms with Gasteiger partial charge in [0, 0.05) is 33.1 Å². The van der Waals surface area contributed by atoms with Crippen molar-refractivity contribution in [2.45, 2.75) is 6.61 Å². The average Bonchev–Trinajstić information content (AvgIpc) is 2.05. The van der Waals surface area contributed by atoms with Gasteiger partial charge in [0.2, 0.25) is 0 Å². The first kappa shape index (κ1) is 9.00. The smallest absolute Gasteiger partial charge is 0.0884 e. The number of ether oxygens (including phenoxy) is 1. The van der Waals surface area contributed by atoms with Crippen molar-refractivity contribution in [3.8, 4) is 0 Å². The predicted molar refractivity (Wildman–Crippen MR) is 49.3 cm³/mol. The van der Waals surface area contributed by atoms with Crippen molar-refractivity contribution in [2.24, 2.45) is 0 Å². The second-order valence-electron chi connectivity index (χ2n) is 2.83. The van der Waals surface area contributed by atoms with E-state index in [0.29, 0.717) is 6.61 Å². The standard InChI is InChI=1S/C9H14N2O/c1-11(2)9-4-5-10-8(6-9)7-12-3/h4-6H,7H2,1-3H3. The monoisotopic (exact) mass is 166 g/mol. The molecule has 3 heteroatoms. The van der Waals surface area contributed by atoms with Crippen molar-refractivity contribution in [1.29, 1.82) is 0 Å². The van der Waals surface area contributed by atoms with Crippen LogP contribution < -0.4 is 4.90 Å². The molecule has 1 aromatic heterocycles. The molecule has 0 aliphatic heterocycles. The molecule has 0 unspecified atom stereocenters. The van der Waals surface area contributed by atoms with E-state index < -0.39 is 0 Å². The fraction of sp³-hybridized carbons (Fsp3) is 0.444. The number of rotatable bonds is 3. The Bertz CT molecular complexity index is 248. The lowest BCUT2D eigenvalue weighted by Crippen LogP contribution is -2.09. The maximum Gasteiger partial charge on any atom is 0.0884 e. The fourth-order valence-electron chi connectivity index (χ4n) is 0.970. The van der Waals surface area contributed by atoms with Crippen LogP contribution in [0.1, 0.15) is 5.69 Å². The summed E-state index contributed by atoms with van der Waals surface area (Å²) in [5.74, 6) is 0. The molecule has 0 fully saturated rings. The van der Waals surface area contributed by atoms with Gasteiger partial charge in [-0.2, -0.15) is 0 Å². The zero-order valence-corrected chi connectivity index (χ0v) is 7.74. The normalized spacial score (nSPS) is 9.92. The van der Waals surface area contributed by atoms with Crippen LogP contribution in [-0.4, -0.2) is 26.2 Å². The van der Waals surface area contributed by atoms with E-state index in [4.69, 9.17) is 4.74 Å². The maximum absolute atomic E-state index is 4.98. The summed E-state index contributed by atoms with van der Waals surface area (Å²) in [7, 11) is 5.68. The van der Waals surface area contributed by atoms with Crippen LogP contribution >= 0.6 is 0 Å². The molecule has 0 aliphatic rings. The topological polar surface area (TPSA) is 25.4 Å². The lowest BCUT2D eigenvalue weighted by atomic mass is 10.3. The molecule has 0 saturated carbocycles. The summed E-state index contributed by atoms with van der Waals surface area (Å²) in [4.78, 5) is 6.20. The summed E-state index contributed by atoms with van der Waals surface area (Å²) in [6.07, 6.45) is 1.80. The lowest BCUT2D eigenvalue weighted by Gasteiger charge is -2.12. The van der Waals surface area contributed by atoms with E-state index in [1.807, 2.05) is 31.1 Å². The molecular weight excluding hydrogens is 152 g/mol. The number of methoxy groups -OCH3 is 1. The summed E-state index contributed by atoms with van der Waals surface area (Å²) < 4.78 is 4.98. The van der Waals surface area contributed by atoms with E-state index >= 15 is 0 Å². The Morgan fingerprint density at radius 3 is 2.83 bits per heavy atom. The van der Waals surface area contributed by atoms with E-state index in [9.17, 15) is 0 Å². The summed E-state index contributed by atoms with van der Waals surface area (Å²) >= 11 is 0. The molecule has 0 spiro atoms. The Morgan fingerprint density at radius 2 is 2.25 bits per heavy atom. The third kappa shape index (κ3) is 2.20. The Balaban J connectivity index is 2.81. The molecular formula is C9H14N2O. The molecule has 1 rings (SSSR count). The van der Waals surface area contributed by atoms with Crippen LogP contribution in [0.2, 0.25) is 0 Å². The van der Waals surface area contributed by atoms with E-state index in [1.165, 1.54) is 0 Å². The third-order valence-electron chi connectivity index (χ3n) is 1.61. The van der Waals surface area contributed by atoms with Gasteiger partial charge < -0.3 is 9.64 Å². The average molecular weight is 166 g/mol. The van der Waals surface area contributed by atoms with Crippen molar-refractivity contribution in [2.75, 3.05) is 26.1 Å². The largest absolute Gasteiger partial charge is 0.378 e. The zero-order chi connectivity index (χ0) is 8.97. The minimum atomic E-state index is 0.571. The minimum absolute atomic E-state index is 0.571. The highest BCUT2D eigenvalue weighted by molar-refractivity contribution is 5.44. The molecule has 0 atom stereocenters. The Kier molecular flexibility index (Phi) is 3.05. The third-order valence-corrected chi connectivity index (χ3v) is 1.61. The second kappa shape index (κ2) is 4.07. The molecule has 66 valence electrons. The van der Waals surface area contributed by atoms with Gasteiger partial charge >= 0.3 is 0 Å². The highest BCUT2D eigenvalue weighted by atomic mass is 16.5. The summed E-state index contributed by atoms with van der Waals surface area (Å²) in [6.45, 7) is 0.571. The quantitative estimate of drug-likeness (QED) is 0.676. The van der Waals surface area contributed by atoms with Gasteiger partial charge in [-0.05, 0) is 12.1 Å². The highest BCUT2D eigenvalue weighted by Gasteiger charge is 1.97.